The lowest BCUT2D eigenvalue weighted by molar-refractivity contribution is 0.0893. The molecule has 0 saturated carbocycles. The van der Waals surface area contributed by atoms with Gasteiger partial charge >= 0.3 is 0 Å². The molecule has 0 spiro atoms. The Kier molecular flexibility index (Phi) is 4.15. The SMILES string of the molecule is CNc1ncc2c(-c3ccn4ncc(C(=O)NCC(F)F)c4c3)c[nH]c2n1. The van der Waals surface area contributed by atoms with E-state index in [0.717, 1.165) is 16.5 Å². The van der Waals surface area contributed by atoms with Crippen LogP contribution in [0.15, 0.2) is 36.9 Å². The first-order valence-electron chi connectivity index (χ1n) is 8.13. The van der Waals surface area contributed by atoms with Crippen LogP contribution in [0.1, 0.15) is 10.4 Å². The Balaban J connectivity index is 1.75. The van der Waals surface area contributed by atoms with Crippen LogP contribution in [0.4, 0.5) is 14.7 Å². The molecule has 0 atom stereocenters. The number of anilines is 1. The number of aromatic nitrogens is 5. The third kappa shape index (κ3) is 3.05. The Morgan fingerprint density at radius 2 is 2.22 bits per heavy atom. The van der Waals surface area contributed by atoms with Crippen molar-refractivity contribution < 1.29 is 13.6 Å². The predicted octanol–water partition coefficient (Wildman–Crippen LogP) is 2.31. The van der Waals surface area contributed by atoms with E-state index in [9.17, 15) is 13.6 Å². The van der Waals surface area contributed by atoms with Gasteiger partial charge in [-0.3, -0.25) is 4.79 Å². The number of carbonyl (C=O) groups excluding carboxylic acids is 1. The van der Waals surface area contributed by atoms with Gasteiger partial charge in [0.1, 0.15) is 5.65 Å². The summed E-state index contributed by atoms with van der Waals surface area (Å²) in [5.74, 6) is -0.0940. The number of hydrogen-bond acceptors (Lipinski definition) is 5. The maximum absolute atomic E-state index is 12.3. The van der Waals surface area contributed by atoms with Crippen LogP contribution in [0.3, 0.4) is 0 Å². The van der Waals surface area contributed by atoms with Gasteiger partial charge in [0.25, 0.3) is 12.3 Å². The lowest BCUT2D eigenvalue weighted by Crippen LogP contribution is -2.28. The fraction of sp³-hybridized carbons (Fsp3) is 0.176. The van der Waals surface area contributed by atoms with Crippen molar-refractivity contribution in [3.8, 4) is 11.1 Å². The Hall–Kier alpha value is -3.56. The van der Waals surface area contributed by atoms with Gasteiger partial charge in [-0.25, -0.2) is 18.3 Å². The summed E-state index contributed by atoms with van der Waals surface area (Å²) >= 11 is 0. The van der Waals surface area contributed by atoms with Gasteiger partial charge in [-0.1, -0.05) is 0 Å². The zero-order valence-electron chi connectivity index (χ0n) is 14.2. The largest absolute Gasteiger partial charge is 0.357 e. The van der Waals surface area contributed by atoms with Gasteiger partial charge in [-0.2, -0.15) is 10.1 Å². The van der Waals surface area contributed by atoms with E-state index in [0.29, 0.717) is 17.1 Å². The van der Waals surface area contributed by atoms with Crippen LogP contribution in [0, 0.1) is 0 Å². The lowest BCUT2D eigenvalue weighted by atomic mass is 10.1. The Morgan fingerprint density at radius 1 is 1.37 bits per heavy atom. The summed E-state index contributed by atoms with van der Waals surface area (Å²) in [6.07, 6.45) is 3.96. The average molecular weight is 371 g/mol. The highest BCUT2D eigenvalue weighted by Gasteiger charge is 2.16. The van der Waals surface area contributed by atoms with Gasteiger partial charge in [-0.05, 0) is 17.7 Å². The summed E-state index contributed by atoms with van der Waals surface area (Å²) in [6.45, 7) is -0.705. The molecule has 0 aromatic carbocycles. The van der Waals surface area contributed by atoms with Crippen molar-refractivity contribution in [3.63, 3.8) is 0 Å². The molecule has 4 aromatic rings. The van der Waals surface area contributed by atoms with Crippen molar-refractivity contribution in [1.82, 2.24) is 29.9 Å². The second kappa shape index (κ2) is 6.63. The molecule has 27 heavy (non-hydrogen) atoms. The summed E-state index contributed by atoms with van der Waals surface area (Å²) in [4.78, 5) is 23.8. The average Bonchev–Trinajstić information content (AvgIpc) is 3.28. The molecule has 0 unspecified atom stereocenters. The molecule has 0 aliphatic heterocycles. The Morgan fingerprint density at radius 3 is 3.00 bits per heavy atom. The van der Waals surface area contributed by atoms with Crippen molar-refractivity contribution in [2.45, 2.75) is 6.43 Å². The van der Waals surface area contributed by atoms with Crippen molar-refractivity contribution in [2.24, 2.45) is 0 Å². The number of alkyl halides is 2. The van der Waals surface area contributed by atoms with Crippen LogP contribution < -0.4 is 10.6 Å². The number of pyridine rings is 1. The first kappa shape index (κ1) is 16.9. The monoisotopic (exact) mass is 371 g/mol. The van der Waals surface area contributed by atoms with Gasteiger partial charge in [-0.15, -0.1) is 0 Å². The van der Waals surface area contributed by atoms with Gasteiger partial charge in [0.05, 0.1) is 23.8 Å². The smallest absolute Gasteiger partial charge is 0.255 e. The topological polar surface area (TPSA) is 100 Å². The number of nitrogens with zero attached hydrogens (tertiary/aromatic N) is 4. The van der Waals surface area contributed by atoms with Crippen LogP contribution in [-0.4, -0.2) is 50.5 Å². The first-order valence-corrected chi connectivity index (χ1v) is 8.13. The molecule has 0 saturated heterocycles. The summed E-state index contributed by atoms with van der Waals surface area (Å²) in [6, 6.07) is 3.62. The number of amides is 1. The zero-order chi connectivity index (χ0) is 19.0. The number of aromatic amines is 1. The normalized spacial score (nSPS) is 11.4. The highest BCUT2D eigenvalue weighted by Crippen LogP contribution is 2.29. The van der Waals surface area contributed by atoms with Crippen molar-refractivity contribution in [3.05, 3.63) is 42.5 Å². The molecule has 4 rings (SSSR count). The van der Waals surface area contributed by atoms with Crippen LogP contribution in [0.2, 0.25) is 0 Å². The molecule has 10 heteroatoms. The number of H-pyrrole nitrogens is 1. The number of hydrogen-bond donors (Lipinski definition) is 3. The standard InChI is InChI=1S/C17H15F2N7O/c1-20-17-23-6-11-10(5-21-15(11)25-17)9-2-3-26-13(4-9)12(7-24-26)16(27)22-8-14(18)19/h2-7,14H,8H2,1H3,(H,22,27)(H2,20,21,23,25). The first-order chi connectivity index (χ1) is 13.1. The summed E-state index contributed by atoms with van der Waals surface area (Å²) in [7, 11) is 1.74. The molecule has 8 nitrogen and oxygen atoms in total. The number of nitrogens with one attached hydrogen (secondary N) is 3. The van der Waals surface area contributed by atoms with E-state index in [1.54, 1.807) is 31.7 Å². The molecular weight excluding hydrogens is 356 g/mol. The third-order valence-electron chi connectivity index (χ3n) is 4.15. The maximum Gasteiger partial charge on any atom is 0.255 e. The number of rotatable bonds is 5. The Bertz CT molecular complexity index is 1130. The molecule has 0 aliphatic rings. The quantitative estimate of drug-likeness (QED) is 0.500. The molecule has 138 valence electrons. The highest BCUT2D eigenvalue weighted by molar-refractivity contribution is 6.02. The van der Waals surface area contributed by atoms with E-state index >= 15 is 0 Å². The second-order valence-corrected chi connectivity index (χ2v) is 5.81. The third-order valence-corrected chi connectivity index (χ3v) is 4.15. The van der Waals surface area contributed by atoms with E-state index in [2.05, 4.69) is 30.7 Å². The van der Waals surface area contributed by atoms with Gasteiger partial charge in [0.2, 0.25) is 5.95 Å². The summed E-state index contributed by atoms with van der Waals surface area (Å²) in [5.41, 5.74) is 3.09. The maximum atomic E-state index is 12.3. The molecule has 3 N–H and O–H groups in total. The van der Waals surface area contributed by atoms with Crippen LogP contribution in [0.5, 0.6) is 0 Å². The van der Waals surface area contributed by atoms with Gasteiger partial charge in [0, 0.05) is 36.6 Å². The van der Waals surface area contributed by atoms with E-state index < -0.39 is 18.9 Å². The van der Waals surface area contributed by atoms with E-state index in [1.165, 1.54) is 10.7 Å². The minimum atomic E-state index is -2.61. The van der Waals surface area contributed by atoms with Crippen molar-refractivity contribution >= 4 is 28.4 Å². The second-order valence-electron chi connectivity index (χ2n) is 5.81. The van der Waals surface area contributed by atoms with Crippen LogP contribution in [-0.2, 0) is 0 Å². The van der Waals surface area contributed by atoms with Crippen LogP contribution >= 0.6 is 0 Å². The predicted molar refractivity (Wildman–Crippen MR) is 96.0 cm³/mol. The summed E-state index contributed by atoms with van der Waals surface area (Å²) in [5, 5.41) is 10.00. The van der Waals surface area contributed by atoms with Crippen molar-refractivity contribution in [1.29, 1.82) is 0 Å². The number of fused-ring (bicyclic) bond motifs is 2. The lowest BCUT2D eigenvalue weighted by Gasteiger charge is -2.05. The molecule has 0 radical (unpaired) electrons. The molecule has 0 fully saturated rings. The molecule has 1 amide bonds. The molecule has 4 aromatic heterocycles. The van der Waals surface area contributed by atoms with Crippen LogP contribution in [0.25, 0.3) is 27.7 Å². The fourth-order valence-corrected chi connectivity index (χ4v) is 2.85. The Labute approximate surface area is 151 Å². The minimum Gasteiger partial charge on any atom is -0.357 e. The number of halogens is 2. The highest BCUT2D eigenvalue weighted by atomic mass is 19.3. The van der Waals surface area contributed by atoms with Crippen molar-refractivity contribution in [2.75, 3.05) is 18.9 Å². The molecule has 4 heterocycles. The summed E-state index contributed by atoms with van der Waals surface area (Å²) < 4.78 is 26.2. The zero-order valence-corrected chi connectivity index (χ0v) is 14.2. The molecule has 0 aliphatic carbocycles. The van der Waals surface area contributed by atoms with E-state index in [-0.39, 0.29) is 5.56 Å². The fourth-order valence-electron chi connectivity index (χ4n) is 2.85. The number of carbonyl (C=O) groups is 1. The van der Waals surface area contributed by atoms with E-state index in [1.807, 2.05) is 6.07 Å². The van der Waals surface area contributed by atoms with Gasteiger partial charge < -0.3 is 15.6 Å². The molecule has 0 bridgehead atoms. The van der Waals surface area contributed by atoms with E-state index in [4.69, 9.17) is 0 Å². The van der Waals surface area contributed by atoms with Gasteiger partial charge in [0.15, 0.2) is 0 Å². The molecular formula is C17H15F2N7O. The minimum absolute atomic E-state index is 0.228.